The van der Waals surface area contributed by atoms with Crippen LogP contribution >= 0.6 is 0 Å². The van der Waals surface area contributed by atoms with Crippen LogP contribution in [0.4, 0.5) is 4.79 Å². The van der Waals surface area contributed by atoms with Crippen molar-refractivity contribution in [3.05, 3.63) is 108 Å². The molecular weight excluding hydrogens is 408 g/mol. The lowest BCUT2D eigenvalue weighted by Gasteiger charge is -2.31. The molecule has 0 unspecified atom stereocenters. The molecule has 3 aromatic rings. The monoisotopic (exact) mass is 442 g/mol. The largest absolute Gasteiger partial charge is 0.448 e. The van der Waals surface area contributed by atoms with Gasteiger partial charge in [-0.05, 0) is 41.9 Å². The minimum atomic E-state index is -0.174. The second kappa shape index (κ2) is 12.2. The van der Waals surface area contributed by atoms with E-state index < -0.39 is 0 Å². The van der Waals surface area contributed by atoms with Gasteiger partial charge in [0.25, 0.3) is 0 Å². The number of nitrogens with zero attached hydrogens (tertiary/aromatic N) is 2. The van der Waals surface area contributed by atoms with Crippen LogP contribution in [0.5, 0.6) is 0 Å². The summed E-state index contributed by atoms with van der Waals surface area (Å²) in [6.45, 7) is 4.35. The Labute approximate surface area is 197 Å². The van der Waals surface area contributed by atoms with Crippen LogP contribution in [0.2, 0.25) is 0 Å². The molecule has 1 aliphatic heterocycles. The highest BCUT2D eigenvalue weighted by molar-refractivity contribution is 5.67. The summed E-state index contributed by atoms with van der Waals surface area (Å²) in [6, 6.07) is 31.6. The minimum absolute atomic E-state index is 0.174. The molecule has 1 aliphatic rings. The maximum atomic E-state index is 12.6. The molecule has 0 atom stereocenters. The van der Waals surface area contributed by atoms with Gasteiger partial charge >= 0.3 is 6.09 Å². The number of carbonyl (C=O) groups is 1. The lowest BCUT2D eigenvalue weighted by atomic mass is 9.90. The molecule has 0 N–H and O–H groups in total. The highest BCUT2D eigenvalue weighted by atomic mass is 16.6. The molecule has 4 rings (SSSR count). The van der Waals surface area contributed by atoms with Crippen molar-refractivity contribution >= 4 is 6.09 Å². The molecule has 0 aliphatic carbocycles. The molecule has 0 bridgehead atoms. The van der Waals surface area contributed by atoms with Gasteiger partial charge in [0.1, 0.15) is 6.61 Å². The maximum absolute atomic E-state index is 12.6. The van der Waals surface area contributed by atoms with Gasteiger partial charge in [-0.15, -0.1) is 0 Å². The Morgan fingerprint density at radius 3 is 1.76 bits per heavy atom. The van der Waals surface area contributed by atoms with Crippen LogP contribution in [0.25, 0.3) is 0 Å². The van der Waals surface area contributed by atoms with Crippen molar-refractivity contribution in [1.82, 2.24) is 9.80 Å². The summed E-state index contributed by atoms with van der Waals surface area (Å²) in [4.78, 5) is 16.9. The van der Waals surface area contributed by atoms with E-state index in [1.807, 2.05) is 17.0 Å². The van der Waals surface area contributed by atoms with E-state index in [0.29, 0.717) is 19.1 Å². The number of amides is 1. The molecule has 1 fully saturated rings. The maximum Gasteiger partial charge on any atom is 0.409 e. The predicted molar refractivity (Wildman–Crippen MR) is 133 cm³/mol. The van der Waals surface area contributed by atoms with Gasteiger partial charge < -0.3 is 9.64 Å². The normalized spacial score (nSPS) is 14.4. The third kappa shape index (κ3) is 7.47. The predicted octanol–water partition coefficient (Wildman–Crippen LogP) is 5.78. The first-order valence-corrected chi connectivity index (χ1v) is 12.0. The highest BCUT2D eigenvalue weighted by Gasteiger charge is 2.24. The summed E-state index contributed by atoms with van der Waals surface area (Å²) in [5.74, 6) is 0.642. The average Bonchev–Trinajstić information content (AvgIpc) is 2.86. The summed E-state index contributed by atoms with van der Waals surface area (Å²) < 4.78 is 5.69. The van der Waals surface area contributed by atoms with Crippen LogP contribution < -0.4 is 0 Å². The van der Waals surface area contributed by atoms with E-state index >= 15 is 0 Å². The molecule has 3 aromatic carbocycles. The zero-order valence-corrected chi connectivity index (χ0v) is 19.3. The van der Waals surface area contributed by atoms with Gasteiger partial charge in [-0.3, -0.25) is 4.90 Å². The van der Waals surface area contributed by atoms with Crippen LogP contribution in [-0.4, -0.2) is 42.1 Å². The Kier molecular flexibility index (Phi) is 8.54. The number of benzene rings is 3. The molecule has 1 amide bonds. The summed E-state index contributed by atoms with van der Waals surface area (Å²) in [6.07, 6.45) is 3.00. The SMILES string of the molecule is O=C(OCCN(Cc1ccccc1)Cc1ccccc1)N1CCC(Cc2ccccc2)CC1. The Balaban J connectivity index is 1.23. The number of hydrogen-bond donors (Lipinski definition) is 0. The molecular formula is C29H34N2O2. The minimum Gasteiger partial charge on any atom is -0.448 e. The fourth-order valence-corrected chi connectivity index (χ4v) is 4.52. The molecule has 0 spiro atoms. The van der Waals surface area contributed by atoms with Crippen molar-refractivity contribution in [2.24, 2.45) is 5.92 Å². The average molecular weight is 443 g/mol. The smallest absolute Gasteiger partial charge is 0.409 e. The number of carbonyl (C=O) groups excluding carboxylic acids is 1. The van der Waals surface area contributed by atoms with Gasteiger partial charge in [-0.25, -0.2) is 4.79 Å². The Morgan fingerprint density at radius 1 is 0.758 bits per heavy atom. The summed E-state index contributed by atoms with van der Waals surface area (Å²) >= 11 is 0. The molecule has 172 valence electrons. The third-order valence-electron chi connectivity index (χ3n) is 6.37. The summed E-state index contributed by atoms with van der Waals surface area (Å²) in [5, 5.41) is 0. The van der Waals surface area contributed by atoms with Crippen molar-refractivity contribution in [2.45, 2.75) is 32.4 Å². The Bertz CT molecular complexity index is 913. The van der Waals surface area contributed by atoms with E-state index in [9.17, 15) is 4.79 Å². The first-order chi connectivity index (χ1) is 16.3. The van der Waals surface area contributed by atoms with Crippen LogP contribution in [0.15, 0.2) is 91.0 Å². The summed E-state index contributed by atoms with van der Waals surface area (Å²) in [7, 11) is 0. The lowest BCUT2D eigenvalue weighted by molar-refractivity contribution is 0.0762. The van der Waals surface area contributed by atoms with Gasteiger partial charge in [-0.1, -0.05) is 91.0 Å². The highest BCUT2D eigenvalue weighted by Crippen LogP contribution is 2.22. The van der Waals surface area contributed by atoms with E-state index in [0.717, 1.165) is 45.4 Å². The van der Waals surface area contributed by atoms with Gasteiger partial charge in [0.2, 0.25) is 0 Å². The number of hydrogen-bond acceptors (Lipinski definition) is 3. The molecule has 1 saturated heterocycles. The molecule has 0 radical (unpaired) electrons. The zero-order chi connectivity index (χ0) is 22.7. The van der Waals surface area contributed by atoms with Crippen molar-refractivity contribution in [1.29, 1.82) is 0 Å². The molecule has 0 saturated carbocycles. The standard InChI is InChI=1S/C29H34N2O2/c32-29(31-18-16-26(17-19-31)22-25-10-4-1-5-11-25)33-21-20-30(23-27-12-6-2-7-13-27)24-28-14-8-3-9-15-28/h1-15,26H,16-24H2. The molecule has 1 heterocycles. The molecule has 4 nitrogen and oxygen atoms in total. The number of likely N-dealkylation sites (tertiary alicyclic amines) is 1. The van der Waals surface area contributed by atoms with Gasteiger partial charge in [0, 0.05) is 32.7 Å². The second-order valence-electron chi connectivity index (χ2n) is 8.92. The van der Waals surface area contributed by atoms with E-state index in [2.05, 4.69) is 83.8 Å². The van der Waals surface area contributed by atoms with Gasteiger partial charge in [0.05, 0.1) is 0 Å². The number of piperidine rings is 1. The zero-order valence-electron chi connectivity index (χ0n) is 19.3. The van der Waals surface area contributed by atoms with E-state index in [4.69, 9.17) is 4.74 Å². The van der Waals surface area contributed by atoms with Crippen molar-refractivity contribution in [2.75, 3.05) is 26.2 Å². The number of rotatable bonds is 9. The van der Waals surface area contributed by atoms with Gasteiger partial charge in [-0.2, -0.15) is 0 Å². The van der Waals surface area contributed by atoms with E-state index in [1.54, 1.807) is 0 Å². The van der Waals surface area contributed by atoms with Crippen molar-refractivity contribution in [3.63, 3.8) is 0 Å². The number of ether oxygens (including phenoxy) is 1. The van der Waals surface area contributed by atoms with Crippen molar-refractivity contribution in [3.8, 4) is 0 Å². The lowest BCUT2D eigenvalue weighted by Crippen LogP contribution is -2.40. The quantitative estimate of drug-likeness (QED) is 0.421. The fourth-order valence-electron chi connectivity index (χ4n) is 4.52. The van der Waals surface area contributed by atoms with Gasteiger partial charge in [0.15, 0.2) is 0 Å². The molecule has 4 heteroatoms. The topological polar surface area (TPSA) is 32.8 Å². The fraction of sp³-hybridized carbons (Fsp3) is 0.345. The Hall–Kier alpha value is -3.11. The third-order valence-corrected chi connectivity index (χ3v) is 6.37. The second-order valence-corrected chi connectivity index (χ2v) is 8.92. The van der Waals surface area contributed by atoms with Crippen LogP contribution in [0.1, 0.15) is 29.5 Å². The van der Waals surface area contributed by atoms with E-state index in [-0.39, 0.29) is 6.09 Å². The first-order valence-electron chi connectivity index (χ1n) is 12.0. The van der Waals surface area contributed by atoms with Crippen LogP contribution in [0.3, 0.4) is 0 Å². The van der Waals surface area contributed by atoms with Crippen molar-refractivity contribution < 1.29 is 9.53 Å². The Morgan fingerprint density at radius 2 is 1.24 bits per heavy atom. The van der Waals surface area contributed by atoms with E-state index in [1.165, 1.54) is 16.7 Å². The van der Waals surface area contributed by atoms with Crippen LogP contribution in [-0.2, 0) is 24.2 Å². The first kappa shape index (κ1) is 23.1. The van der Waals surface area contributed by atoms with Crippen LogP contribution in [0, 0.1) is 5.92 Å². The molecule has 33 heavy (non-hydrogen) atoms. The molecule has 0 aromatic heterocycles. The summed E-state index contributed by atoms with van der Waals surface area (Å²) in [5.41, 5.74) is 3.91.